The molecule has 0 radical (unpaired) electrons. The Morgan fingerprint density at radius 1 is 1.07 bits per heavy atom. The van der Waals surface area contributed by atoms with Gasteiger partial charge < -0.3 is 4.74 Å². The van der Waals surface area contributed by atoms with E-state index in [9.17, 15) is 4.79 Å². The second kappa shape index (κ2) is 5.38. The highest BCUT2D eigenvalue weighted by atomic mass is 16.6. The molecule has 3 heterocycles. The Kier molecular flexibility index (Phi) is 3.27. The molecule has 3 aromatic rings. The number of carbonyl (C=O) groups excluding carboxylic acids is 1. The summed E-state index contributed by atoms with van der Waals surface area (Å²) in [6.07, 6.45) is 1.82. The van der Waals surface area contributed by atoms with Gasteiger partial charge in [0.25, 0.3) is 0 Å². The lowest BCUT2D eigenvalue weighted by atomic mass is 9.66. The molecule has 1 aliphatic heterocycles. The van der Waals surface area contributed by atoms with E-state index in [-0.39, 0.29) is 17.3 Å². The second-order valence-electron chi connectivity index (χ2n) is 8.41. The standard InChI is InChI=1S/C21H22N4O2/c1-20(2)14-11-12-21(20,3)27-19(26)17(14)18-23-22-16-10-9-15(24-25(16)18)13-7-5-4-6-8-13/h4-10,14,17H,11-12H2,1-3H3/t14-,17-,21-/m1/s1. The van der Waals surface area contributed by atoms with Gasteiger partial charge in [0, 0.05) is 11.0 Å². The van der Waals surface area contributed by atoms with E-state index in [0.717, 1.165) is 24.1 Å². The lowest BCUT2D eigenvalue weighted by molar-refractivity contribution is -0.187. The van der Waals surface area contributed by atoms with Crippen molar-refractivity contribution in [2.45, 2.75) is 45.1 Å². The maximum absolute atomic E-state index is 12.9. The molecule has 5 rings (SSSR count). The summed E-state index contributed by atoms with van der Waals surface area (Å²) in [4.78, 5) is 12.9. The molecule has 138 valence electrons. The summed E-state index contributed by atoms with van der Waals surface area (Å²) >= 11 is 0. The number of nitrogens with zero attached hydrogens (tertiary/aromatic N) is 4. The third-order valence-corrected chi connectivity index (χ3v) is 6.84. The zero-order chi connectivity index (χ0) is 18.8. The molecule has 0 spiro atoms. The Labute approximate surface area is 157 Å². The van der Waals surface area contributed by atoms with Crippen molar-refractivity contribution in [1.82, 2.24) is 19.8 Å². The van der Waals surface area contributed by atoms with Crippen LogP contribution in [0.5, 0.6) is 0 Å². The van der Waals surface area contributed by atoms with Crippen LogP contribution in [0, 0.1) is 11.3 Å². The SMILES string of the molecule is CC1(C)[C@@H]2CC[C@@]1(C)OC(=O)[C@H]2c1nnc2ccc(-c3ccccc3)nn12. The van der Waals surface area contributed by atoms with Crippen molar-refractivity contribution < 1.29 is 9.53 Å². The first-order valence-corrected chi connectivity index (χ1v) is 9.41. The Bertz CT molecular complexity index is 1040. The van der Waals surface area contributed by atoms with Crippen molar-refractivity contribution >= 4 is 11.6 Å². The molecular weight excluding hydrogens is 340 g/mol. The van der Waals surface area contributed by atoms with E-state index >= 15 is 0 Å². The number of hydrogen-bond acceptors (Lipinski definition) is 5. The van der Waals surface area contributed by atoms with E-state index in [1.807, 2.05) is 42.5 Å². The summed E-state index contributed by atoms with van der Waals surface area (Å²) < 4.78 is 7.65. The Balaban J connectivity index is 1.64. The molecule has 1 aromatic carbocycles. The van der Waals surface area contributed by atoms with Gasteiger partial charge in [-0.15, -0.1) is 10.2 Å². The monoisotopic (exact) mass is 362 g/mol. The van der Waals surface area contributed by atoms with Gasteiger partial charge >= 0.3 is 5.97 Å². The van der Waals surface area contributed by atoms with E-state index in [0.29, 0.717) is 11.5 Å². The molecule has 1 saturated heterocycles. The summed E-state index contributed by atoms with van der Waals surface area (Å²) in [5, 5.41) is 13.4. The number of rotatable bonds is 2. The average Bonchev–Trinajstić information content (AvgIpc) is 3.11. The van der Waals surface area contributed by atoms with Crippen molar-refractivity contribution in [3.8, 4) is 11.3 Å². The quantitative estimate of drug-likeness (QED) is 0.651. The van der Waals surface area contributed by atoms with E-state index < -0.39 is 11.5 Å². The molecule has 2 fully saturated rings. The topological polar surface area (TPSA) is 69.4 Å². The molecule has 27 heavy (non-hydrogen) atoms. The molecule has 6 nitrogen and oxygen atoms in total. The van der Waals surface area contributed by atoms with Gasteiger partial charge in [-0.2, -0.15) is 9.61 Å². The minimum Gasteiger partial charge on any atom is -0.458 e. The minimum absolute atomic E-state index is 0.117. The summed E-state index contributed by atoms with van der Waals surface area (Å²) in [5.41, 5.74) is 1.95. The number of hydrogen-bond donors (Lipinski definition) is 0. The van der Waals surface area contributed by atoms with E-state index in [4.69, 9.17) is 9.84 Å². The fraction of sp³-hybridized carbons (Fsp3) is 0.429. The Morgan fingerprint density at radius 2 is 1.85 bits per heavy atom. The van der Waals surface area contributed by atoms with Gasteiger partial charge in [-0.1, -0.05) is 44.2 Å². The van der Waals surface area contributed by atoms with Gasteiger partial charge in [-0.3, -0.25) is 4.79 Å². The number of benzene rings is 1. The van der Waals surface area contributed by atoms with Crippen molar-refractivity contribution in [3.05, 3.63) is 48.3 Å². The molecular formula is C21H22N4O2. The molecule has 1 saturated carbocycles. The molecule has 1 aliphatic carbocycles. The fourth-order valence-electron chi connectivity index (χ4n) is 4.77. The number of carbonyl (C=O) groups is 1. The van der Waals surface area contributed by atoms with Crippen molar-refractivity contribution in [3.63, 3.8) is 0 Å². The van der Waals surface area contributed by atoms with Crippen molar-refractivity contribution in [1.29, 1.82) is 0 Å². The summed E-state index contributed by atoms with van der Waals surface area (Å²) in [6.45, 7) is 6.43. The van der Waals surface area contributed by atoms with E-state index in [1.54, 1.807) is 4.52 Å². The number of ether oxygens (including phenoxy) is 1. The van der Waals surface area contributed by atoms with Crippen molar-refractivity contribution in [2.75, 3.05) is 0 Å². The zero-order valence-corrected chi connectivity index (χ0v) is 15.7. The lowest BCUT2D eigenvalue weighted by Gasteiger charge is -2.47. The lowest BCUT2D eigenvalue weighted by Crippen LogP contribution is -2.52. The summed E-state index contributed by atoms with van der Waals surface area (Å²) in [5.74, 6) is 0.0952. The fourth-order valence-corrected chi connectivity index (χ4v) is 4.77. The predicted molar refractivity (Wildman–Crippen MR) is 100.0 cm³/mol. The third-order valence-electron chi connectivity index (χ3n) is 6.84. The van der Waals surface area contributed by atoms with Crippen LogP contribution in [0.2, 0.25) is 0 Å². The average molecular weight is 362 g/mol. The number of aromatic nitrogens is 4. The predicted octanol–water partition coefficient (Wildman–Crippen LogP) is 3.63. The summed E-state index contributed by atoms with van der Waals surface area (Å²) in [6, 6.07) is 13.8. The Hall–Kier alpha value is -2.76. The van der Waals surface area contributed by atoms with Gasteiger partial charge in [0.1, 0.15) is 11.5 Å². The molecule has 0 unspecified atom stereocenters. The molecule has 2 aliphatic rings. The van der Waals surface area contributed by atoms with Crippen LogP contribution in [-0.4, -0.2) is 31.4 Å². The smallest absolute Gasteiger partial charge is 0.317 e. The largest absolute Gasteiger partial charge is 0.458 e. The first kappa shape index (κ1) is 16.4. The van der Waals surface area contributed by atoms with E-state index in [1.165, 1.54) is 0 Å². The Morgan fingerprint density at radius 3 is 2.63 bits per heavy atom. The second-order valence-corrected chi connectivity index (χ2v) is 8.41. The van der Waals surface area contributed by atoms with Crippen molar-refractivity contribution in [2.24, 2.45) is 11.3 Å². The molecule has 3 atom stereocenters. The highest BCUT2D eigenvalue weighted by Gasteiger charge is 2.63. The molecule has 2 aromatic heterocycles. The zero-order valence-electron chi connectivity index (χ0n) is 15.7. The molecule has 0 amide bonds. The first-order valence-electron chi connectivity index (χ1n) is 9.41. The summed E-state index contributed by atoms with van der Waals surface area (Å²) in [7, 11) is 0. The van der Waals surface area contributed by atoms with E-state index in [2.05, 4.69) is 31.0 Å². The molecule has 0 N–H and O–H groups in total. The number of fused-ring (bicyclic) bond motifs is 3. The normalized spacial score (nSPS) is 29.1. The van der Waals surface area contributed by atoms with Crippen LogP contribution in [0.25, 0.3) is 16.9 Å². The van der Waals surface area contributed by atoms with Gasteiger partial charge in [-0.05, 0) is 37.8 Å². The van der Waals surface area contributed by atoms with Crippen LogP contribution in [0.3, 0.4) is 0 Å². The van der Waals surface area contributed by atoms with Crippen LogP contribution in [0.1, 0.15) is 45.4 Å². The van der Waals surface area contributed by atoms with Gasteiger partial charge in [0.2, 0.25) is 0 Å². The molecule has 6 heteroatoms. The van der Waals surface area contributed by atoms with Gasteiger partial charge in [0.15, 0.2) is 11.5 Å². The minimum atomic E-state index is -0.441. The molecule has 2 bridgehead atoms. The highest BCUT2D eigenvalue weighted by Crippen LogP contribution is 2.60. The van der Waals surface area contributed by atoms with Gasteiger partial charge in [-0.25, -0.2) is 0 Å². The first-order chi connectivity index (χ1) is 12.9. The van der Waals surface area contributed by atoms with Crippen LogP contribution in [0.15, 0.2) is 42.5 Å². The van der Waals surface area contributed by atoms with Crippen LogP contribution in [-0.2, 0) is 9.53 Å². The number of esters is 1. The van der Waals surface area contributed by atoms with Crippen LogP contribution in [0.4, 0.5) is 0 Å². The van der Waals surface area contributed by atoms with Crippen LogP contribution < -0.4 is 0 Å². The van der Waals surface area contributed by atoms with Gasteiger partial charge in [0.05, 0.1) is 5.69 Å². The maximum atomic E-state index is 12.9. The van der Waals surface area contributed by atoms with Crippen LogP contribution >= 0.6 is 0 Å². The maximum Gasteiger partial charge on any atom is 0.317 e. The highest BCUT2D eigenvalue weighted by molar-refractivity contribution is 5.80. The third kappa shape index (κ3) is 2.19.